The van der Waals surface area contributed by atoms with Crippen LogP contribution in [0, 0.1) is 0 Å². The molecule has 1 aromatic rings. The zero-order chi connectivity index (χ0) is 21.4. The highest BCUT2D eigenvalue weighted by Crippen LogP contribution is 2.35. The number of fused-ring (bicyclic) bond motifs is 1. The van der Waals surface area contributed by atoms with Gasteiger partial charge in [0.15, 0.2) is 5.96 Å². The van der Waals surface area contributed by atoms with Crippen LogP contribution in [0.15, 0.2) is 17.1 Å². The Morgan fingerprint density at radius 1 is 1.34 bits per heavy atom. The molecule has 0 spiro atoms. The Labute approximate surface area is 174 Å². The van der Waals surface area contributed by atoms with Crippen molar-refractivity contribution >= 4 is 16.0 Å². The molecule has 1 aliphatic heterocycles. The van der Waals surface area contributed by atoms with Crippen molar-refractivity contribution in [3.05, 3.63) is 23.3 Å². The van der Waals surface area contributed by atoms with E-state index in [4.69, 9.17) is 9.47 Å². The Morgan fingerprint density at radius 3 is 2.76 bits per heavy atom. The molecule has 8 nitrogen and oxygen atoms in total. The van der Waals surface area contributed by atoms with Crippen LogP contribution in [0.3, 0.4) is 0 Å². The highest BCUT2D eigenvalue weighted by Gasteiger charge is 2.22. The highest BCUT2D eigenvalue weighted by molar-refractivity contribution is 7.89. The number of ether oxygens (including phenoxy) is 2. The molecule has 0 saturated carbocycles. The Morgan fingerprint density at radius 2 is 2.10 bits per heavy atom. The number of nitrogens with zero attached hydrogens (tertiary/aromatic N) is 2. The van der Waals surface area contributed by atoms with Gasteiger partial charge in [0.25, 0.3) is 0 Å². The number of aliphatic imine (C=N–C) groups is 1. The molecule has 0 aromatic heterocycles. The van der Waals surface area contributed by atoms with Gasteiger partial charge >= 0.3 is 0 Å². The number of benzene rings is 1. The number of guanidine groups is 1. The third-order valence-corrected chi connectivity index (χ3v) is 6.69. The van der Waals surface area contributed by atoms with Crippen LogP contribution in [-0.4, -0.2) is 64.3 Å². The molecule has 1 heterocycles. The number of sulfonamides is 1. The molecule has 0 bridgehead atoms. The summed E-state index contributed by atoms with van der Waals surface area (Å²) >= 11 is 0. The fourth-order valence-corrected chi connectivity index (χ4v) is 4.03. The first-order valence-corrected chi connectivity index (χ1v) is 11.7. The van der Waals surface area contributed by atoms with E-state index in [0.717, 1.165) is 23.5 Å². The largest absolute Gasteiger partial charge is 0.494 e. The van der Waals surface area contributed by atoms with E-state index in [9.17, 15) is 8.42 Å². The van der Waals surface area contributed by atoms with Crippen molar-refractivity contribution in [2.75, 3.05) is 39.5 Å². The molecule has 0 radical (unpaired) electrons. The van der Waals surface area contributed by atoms with E-state index in [2.05, 4.69) is 28.6 Å². The number of rotatable bonds is 10. The SMILES string of the molecule is CCOc1cc2c(cc1CNC(=NC)NCCCN(C)S(=O)(=O)CC)OC(C)C2. The summed E-state index contributed by atoms with van der Waals surface area (Å²) in [6.45, 7) is 7.92. The molecule has 9 heteroatoms. The van der Waals surface area contributed by atoms with Crippen molar-refractivity contribution < 1.29 is 17.9 Å². The van der Waals surface area contributed by atoms with Gasteiger partial charge in [-0.3, -0.25) is 4.99 Å². The summed E-state index contributed by atoms with van der Waals surface area (Å²) in [5.74, 6) is 2.55. The molecule has 1 unspecified atom stereocenters. The molecule has 0 fully saturated rings. The molecule has 0 aliphatic carbocycles. The van der Waals surface area contributed by atoms with E-state index in [0.29, 0.717) is 38.6 Å². The van der Waals surface area contributed by atoms with Crippen LogP contribution < -0.4 is 20.1 Å². The fraction of sp³-hybridized carbons (Fsp3) is 0.650. The topological polar surface area (TPSA) is 92.3 Å². The molecule has 1 aliphatic rings. The second-order valence-electron chi connectivity index (χ2n) is 7.06. The smallest absolute Gasteiger partial charge is 0.213 e. The van der Waals surface area contributed by atoms with Crippen LogP contribution in [0.25, 0.3) is 0 Å². The third-order valence-electron chi connectivity index (χ3n) is 4.83. The zero-order valence-corrected chi connectivity index (χ0v) is 18.9. The summed E-state index contributed by atoms with van der Waals surface area (Å²) in [7, 11) is 0.181. The summed E-state index contributed by atoms with van der Waals surface area (Å²) in [6, 6.07) is 4.11. The molecule has 164 valence electrons. The molecule has 0 amide bonds. The van der Waals surface area contributed by atoms with Crippen molar-refractivity contribution in [2.24, 2.45) is 4.99 Å². The van der Waals surface area contributed by atoms with Gasteiger partial charge in [0.2, 0.25) is 10.0 Å². The van der Waals surface area contributed by atoms with Crippen LogP contribution in [0.1, 0.15) is 38.3 Å². The number of nitrogens with one attached hydrogen (secondary N) is 2. The molecule has 1 atom stereocenters. The standard InChI is InChI=1S/C20H34N4O4S/c1-6-27-18-12-16-11-15(3)28-19(16)13-17(18)14-23-20(21-4)22-9-8-10-24(5)29(25,26)7-2/h12-13,15H,6-11,14H2,1-5H3,(H2,21,22,23). The van der Waals surface area contributed by atoms with E-state index in [1.165, 1.54) is 9.87 Å². The summed E-state index contributed by atoms with van der Waals surface area (Å²) in [6.07, 6.45) is 1.77. The predicted molar refractivity (Wildman–Crippen MR) is 116 cm³/mol. The van der Waals surface area contributed by atoms with Gasteiger partial charge < -0.3 is 20.1 Å². The van der Waals surface area contributed by atoms with Crippen molar-refractivity contribution in [2.45, 2.75) is 46.3 Å². The summed E-state index contributed by atoms with van der Waals surface area (Å²) in [5.41, 5.74) is 2.19. The minimum absolute atomic E-state index is 0.117. The average Bonchev–Trinajstić information content (AvgIpc) is 3.06. The Balaban J connectivity index is 1.88. The second-order valence-corrected chi connectivity index (χ2v) is 9.43. The lowest BCUT2D eigenvalue weighted by molar-refractivity contribution is 0.254. The van der Waals surface area contributed by atoms with Gasteiger partial charge in [0, 0.05) is 51.3 Å². The Bertz CT molecular complexity index is 811. The Hall–Kier alpha value is -2.00. The van der Waals surface area contributed by atoms with Gasteiger partial charge in [-0.25, -0.2) is 12.7 Å². The molecule has 2 rings (SSSR count). The molecular weight excluding hydrogens is 392 g/mol. The predicted octanol–water partition coefficient (Wildman–Crippen LogP) is 1.75. The molecule has 1 aromatic carbocycles. The van der Waals surface area contributed by atoms with Gasteiger partial charge in [-0.15, -0.1) is 0 Å². The lowest BCUT2D eigenvalue weighted by atomic mass is 10.1. The normalized spacial score (nSPS) is 16.5. The Kier molecular flexibility index (Phi) is 8.58. The maximum Gasteiger partial charge on any atom is 0.213 e. The van der Waals surface area contributed by atoms with Crippen LogP contribution >= 0.6 is 0 Å². The minimum atomic E-state index is -3.14. The second kappa shape index (κ2) is 10.7. The van der Waals surface area contributed by atoms with Crippen molar-refractivity contribution in [3.8, 4) is 11.5 Å². The van der Waals surface area contributed by atoms with Gasteiger partial charge in [-0.1, -0.05) is 0 Å². The van der Waals surface area contributed by atoms with Gasteiger partial charge in [0.1, 0.15) is 17.6 Å². The minimum Gasteiger partial charge on any atom is -0.494 e. The lowest BCUT2D eigenvalue weighted by Gasteiger charge is -2.17. The number of hydrogen-bond donors (Lipinski definition) is 2. The monoisotopic (exact) mass is 426 g/mol. The van der Waals surface area contributed by atoms with Gasteiger partial charge in [-0.05, 0) is 39.3 Å². The average molecular weight is 427 g/mol. The first kappa shape index (κ1) is 23.3. The summed E-state index contributed by atoms with van der Waals surface area (Å²) in [5, 5.41) is 6.51. The van der Waals surface area contributed by atoms with Crippen molar-refractivity contribution in [1.29, 1.82) is 0 Å². The maximum atomic E-state index is 11.8. The quantitative estimate of drug-likeness (QED) is 0.336. The molecule has 29 heavy (non-hydrogen) atoms. The molecule has 2 N–H and O–H groups in total. The lowest BCUT2D eigenvalue weighted by Crippen LogP contribution is -2.38. The summed E-state index contributed by atoms with van der Waals surface area (Å²) in [4.78, 5) is 4.24. The zero-order valence-electron chi connectivity index (χ0n) is 18.1. The van der Waals surface area contributed by atoms with E-state index < -0.39 is 10.0 Å². The van der Waals surface area contributed by atoms with Gasteiger partial charge in [-0.2, -0.15) is 0 Å². The van der Waals surface area contributed by atoms with Crippen LogP contribution in [0.4, 0.5) is 0 Å². The maximum absolute atomic E-state index is 11.8. The van der Waals surface area contributed by atoms with Crippen LogP contribution in [-0.2, 0) is 23.0 Å². The first-order chi connectivity index (χ1) is 13.8. The van der Waals surface area contributed by atoms with Crippen molar-refractivity contribution in [3.63, 3.8) is 0 Å². The van der Waals surface area contributed by atoms with E-state index in [-0.39, 0.29) is 11.9 Å². The molecular formula is C20H34N4O4S. The van der Waals surface area contributed by atoms with Crippen LogP contribution in [0.2, 0.25) is 0 Å². The van der Waals surface area contributed by atoms with E-state index in [1.54, 1.807) is 21.0 Å². The van der Waals surface area contributed by atoms with Crippen LogP contribution in [0.5, 0.6) is 11.5 Å². The number of hydrogen-bond acceptors (Lipinski definition) is 5. The molecule has 0 saturated heterocycles. The van der Waals surface area contributed by atoms with Crippen molar-refractivity contribution in [1.82, 2.24) is 14.9 Å². The van der Waals surface area contributed by atoms with E-state index >= 15 is 0 Å². The van der Waals surface area contributed by atoms with E-state index in [1.807, 2.05) is 13.0 Å². The summed E-state index contributed by atoms with van der Waals surface area (Å²) < 4.78 is 36.6. The highest BCUT2D eigenvalue weighted by atomic mass is 32.2. The third kappa shape index (κ3) is 6.50. The van der Waals surface area contributed by atoms with Gasteiger partial charge in [0.05, 0.1) is 12.4 Å². The fourth-order valence-electron chi connectivity index (χ4n) is 3.18. The first-order valence-electron chi connectivity index (χ1n) is 10.1.